The number of hydrogen-bond donors (Lipinski definition) is 2. The van der Waals surface area contributed by atoms with Gasteiger partial charge in [-0.15, -0.1) is 12.6 Å². The smallest absolute Gasteiger partial charge is 0.243 e. The van der Waals surface area contributed by atoms with Crippen molar-refractivity contribution in [2.45, 2.75) is 0 Å². The second kappa shape index (κ2) is 4.34. The van der Waals surface area contributed by atoms with Crippen LogP contribution in [0, 0.1) is 0 Å². The van der Waals surface area contributed by atoms with Crippen LogP contribution in [0.15, 0.2) is 0 Å². The second-order valence-corrected chi connectivity index (χ2v) is 1.85. The van der Waals surface area contributed by atoms with E-state index in [1.54, 1.807) is 0 Å². The van der Waals surface area contributed by atoms with E-state index in [0.717, 1.165) is 0 Å². The van der Waals surface area contributed by atoms with E-state index in [4.69, 9.17) is 0 Å². The molecule has 0 spiro atoms. The molecule has 9 heavy (non-hydrogen) atoms. The average molecular weight is 149 g/mol. The molecule has 0 aliphatic rings. The summed E-state index contributed by atoms with van der Waals surface area (Å²) >= 11 is 3.38. The van der Waals surface area contributed by atoms with Gasteiger partial charge in [0.15, 0.2) is 0 Å². The summed E-state index contributed by atoms with van der Waals surface area (Å²) in [6.45, 7) is -0.404. The fourth-order valence-electron chi connectivity index (χ4n) is 0.239. The summed E-state index contributed by atoms with van der Waals surface area (Å²) < 4.78 is 4.46. The van der Waals surface area contributed by atoms with Crippen molar-refractivity contribution in [3.8, 4) is 0 Å². The van der Waals surface area contributed by atoms with Crippen LogP contribution < -0.4 is 5.73 Å². The van der Waals surface area contributed by atoms with Gasteiger partial charge in [0.25, 0.3) is 0 Å². The van der Waals surface area contributed by atoms with Gasteiger partial charge in [-0.1, -0.05) is 0 Å². The first-order chi connectivity index (χ1) is 4.13. The predicted molar refractivity (Wildman–Crippen MR) is 34.0 cm³/mol. The Morgan fingerprint density at radius 2 is 2.00 bits per heavy atom. The van der Waals surface area contributed by atoms with Gasteiger partial charge in [-0.25, -0.2) is 0 Å². The molecule has 0 unspecified atom stereocenters. The monoisotopic (exact) mass is 149 g/mol. The zero-order valence-corrected chi connectivity index (χ0v) is 5.56. The molecular weight excluding hydrogens is 142 g/mol. The van der Waals surface area contributed by atoms with Gasteiger partial charge in [0.1, 0.15) is 13.2 Å². The number of hydrogen-bond acceptors (Lipinski definition) is 3. The van der Waals surface area contributed by atoms with Crippen LogP contribution in [0.25, 0.3) is 0 Å². The molecule has 0 saturated heterocycles. The first-order valence-electron chi connectivity index (χ1n) is 2.20. The summed E-state index contributed by atoms with van der Waals surface area (Å²) in [5.74, 6) is -0.593. The second-order valence-electron chi connectivity index (χ2n) is 1.35. The van der Waals surface area contributed by atoms with Crippen LogP contribution >= 0.6 is 12.6 Å². The molecule has 1 amide bonds. The summed E-state index contributed by atoms with van der Waals surface area (Å²) in [5.41, 5.74) is 4.68. The fraction of sp³-hybridized carbons (Fsp3) is 0.500. The van der Waals surface area contributed by atoms with Crippen LogP contribution in [-0.4, -0.2) is 24.2 Å². The highest BCUT2D eigenvalue weighted by Gasteiger charge is 1.95. The van der Waals surface area contributed by atoms with Gasteiger partial charge in [0.05, 0.1) is 0 Å². The Bertz CT molecular complexity index is 111. The van der Waals surface area contributed by atoms with E-state index >= 15 is 0 Å². The van der Waals surface area contributed by atoms with E-state index < -0.39 is 11.0 Å². The molecule has 0 aliphatic carbocycles. The van der Waals surface area contributed by atoms with E-state index in [0.29, 0.717) is 0 Å². The molecule has 0 heterocycles. The highest BCUT2D eigenvalue weighted by Crippen LogP contribution is 1.79. The minimum absolute atomic E-state index is 0.175. The molecule has 2 N–H and O–H groups in total. The number of primary amides is 1. The zero-order chi connectivity index (χ0) is 7.28. The van der Waals surface area contributed by atoms with Gasteiger partial charge in [-0.3, -0.25) is 9.59 Å². The molecule has 0 saturated carbocycles. The zero-order valence-electron chi connectivity index (χ0n) is 4.66. The largest absolute Gasteiger partial charge is 0.368 e. The van der Waals surface area contributed by atoms with Crippen molar-refractivity contribution in [1.82, 2.24) is 0 Å². The van der Waals surface area contributed by atoms with Crippen LogP contribution in [0.4, 0.5) is 0 Å². The summed E-state index contributed by atoms with van der Waals surface area (Å²) in [7, 11) is 0. The number of rotatable bonds is 4. The highest BCUT2D eigenvalue weighted by atomic mass is 32.1. The van der Waals surface area contributed by atoms with E-state index in [1.807, 2.05) is 0 Å². The Morgan fingerprint density at radius 1 is 1.44 bits per heavy atom. The standard InChI is InChI=1S/C4H7NO3S/c5-3(6)1-8-2-4(7)9/h1-2H2,(H2,5,6)(H,7,9). The molecule has 4 nitrogen and oxygen atoms in total. The highest BCUT2D eigenvalue weighted by molar-refractivity contribution is 7.96. The average Bonchev–Trinajstić information content (AvgIpc) is 1.63. The predicted octanol–water partition coefficient (Wildman–Crippen LogP) is -1.06. The lowest BCUT2D eigenvalue weighted by atomic mass is 10.7. The summed E-state index contributed by atoms with van der Waals surface area (Å²) in [6, 6.07) is 0. The Kier molecular flexibility index (Phi) is 4.08. The first-order valence-corrected chi connectivity index (χ1v) is 2.65. The Labute approximate surface area is 57.8 Å². The third kappa shape index (κ3) is 7.45. The van der Waals surface area contributed by atoms with Crippen molar-refractivity contribution in [3.63, 3.8) is 0 Å². The summed E-state index contributed by atoms with van der Waals surface area (Å²) in [6.07, 6.45) is 0. The molecule has 0 fully saturated rings. The Hall–Kier alpha value is -0.550. The van der Waals surface area contributed by atoms with Crippen molar-refractivity contribution in [2.24, 2.45) is 5.73 Å². The van der Waals surface area contributed by atoms with Gasteiger partial charge in [0, 0.05) is 0 Å². The molecule has 5 heteroatoms. The van der Waals surface area contributed by atoms with E-state index in [-0.39, 0.29) is 13.2 Å². The van der Waals surface area contributed by atoms with E-state index in [2.05, 4.69) is 23.1 Å². The van der Waals surface area contributed by atoms with Crippen LogP contribution in [-0.2, 0) is 14.3 Å². The van der Waals surface area contributed by atoms with Gasteiger partial charge in [0.2, 0.25) is 11.0 Å². The van der Waals surface area contributed by atoms with Gasteiger partial charge >= 0.3 is 0 Å². The number of thiol groups is 1. The minimum atomic E-state index is -0.593. The van der Waals surface area contributed by atoms with Crippen LogP contribution in [0.5, 0.6) is 0 Å². The molecule has 0 aromatic heterocycles. The number of carbonyl (C=O) groups excluding carboxylic acids is 2. The van der Waals surface area contributed by atoms with E-state index in [9.17, 15) is 9.59 Å². The maximum atomic E-state index is 10.0. The summed E-state index contributed by atoms with van der Waals surface area (Å²) in [4.78, 5) is 20.0. The molecule has 0 aromatic carbocycles. The van der Waals surface area contributed by atoms with Gasteiger partial charge in [-0.2, -0.15) is 0 Å². The Morgan fingerprint density at radius 3 is 2.33 bits per heavy atom. The molecule has 0 radical (unpaired) electrons. The van der Waals surface area contributed by atoms with Gasteiger partial charge < -0.3 is 10.5 Å². The summed E-state index contributed by atoms with van der Waals surface area (Å²) in [5, 5.41) is -0.420. The quantitative estimate of drug-likeness (QED) is 0.501. The molecule has 0 aromatic rings. The van der Waals surface area contributed by atoms with Crippen molar-refractivity contribution in [1.29, 1.82) is 0 Å². The van der Waals surface area contributed by atoms with Crippen molar-refractivity contribution in [2.75, 3.05) is 13.2 Å². The van der Waals surface area contributed by atoms with Gasteiger partial charge in [-0.05, 0) is 0 Å². The Balaban J connectivity index is 3.10. The SMILES string of the molecule is NC(=O)COCC(=O)S. The number of carbonyl (C=O) groups is 2. The maximum Gasteiger partial charge on any atom is 0.243 e. The molecule has 0 atom stereocenters. The fourth-order valence-corrected chi connectivity index (χ4v) is 0.330. The molecule has 0 rings (SSSR count). The number of nitrogens with two attached hydrogens (primary N) is 1. The van der Waals surface area contributed by atoms with Crippen LogP contribution in [0.1, 0.15) is 0 Å². The third-order valence-corrected chi connectivity index (χ3v) is 0.599. The molecule has 0 aliphatic heterocycles. The minimum Gasteiger partial charge on any atom is -0.368 e. The maximum absolute atomic E-state index is 10.0. The molecular formula is C4H7NO3S. The van der Waals surface area contributed by atoms with Crippen molar-refractivity contribution >= 4 is 23.7 Å². The van der Waals surface area contributed by atoms with Crippen LogP contribution in [0.2, 0.25) is 0 Å². The lowest BCUT2D eigenvalue weighted by Crippen LogP contribution is -2.19. The van der Waals surface area contributed by atoms with Crippen molar-refractivity contribution < 1.29 is 14.3 Å². The van der Waals surface area contributed by atoms with Crippen LogP contribution in [0.3, 0.4) is 0 Å². The molecule has 0 bridgehead atoms. The lowest BCUT2D eigenvalue weighted by molar-refractivity contribution is -0.124. The lowest BCUT2D eigenvalue weighted by Gasteiger charge is -1.94. The first kappa shape index (κ1) is 8.45. The topological polar surface area (TPSA) is 69.4 Å². The van der Waals surface area contributed by atoms with E-state index in [1.165, 1.54) is 0 Å². The third-order valence-electron chi connectivity index (χ3n) is 0.470. The number of amides is 1. The molecule has 52 valence electrons. The normalized spacial score (nSPS) is 9.00. The number of ether oxygens (including phenoxy) is 1. The van der Waals surface area contributed by atoms with Crippen molar-refractivity contribution in [3.05, 3.63) is 0 Å².